The van der Waals surface area contributed by atoms with Gasteiger partial charge in [-0.3, -0.25) is 0 Å². The first-order valence-corrected chi connectivity index (χ1v) is 11.5. The van der Waals surface area contributed by atoms with Gasteiger partial charge in [0.2, 0.25) is 0 Å². The highest BCUT2D eigenvalue weighted by molar-refractivity contribution is 7.90. The van der Waals surface area contributed by atoms with E-state index >= 15 is 0 Å². The summed E-state index contributed by atoms with van der Waals surface area (Å²) in [7, 11) is -4.06. The molecule has 2 aromatic rings. The molecule has 0 aromatic heterocycles. The summed E-state index contributed by atoms with van der Waals surface area (Å²) >= 11 is 0. The summed E-state index contributed by atoms with van der Waals surface area (Å²) in [5, 5.41) is 3.05. The Morgan fingerprint density at radius 2 is 1.47 bits per heavy atom. The summed E-state index contributed by atoms with van der Waals surface area (Å²) in [6.45, 7) is 0.902. The Morgan fingerprint density at radius 1 is 0.906 bits per heavy atom. The molecule has 1 fully saturated rings. The number of alkyl halides is 6. The molecule has 0 aliphatic carbocycles. The van der Waals surface area contributed by atoms with Crippen molar-refractivity contribution in [2.45, 2.75) is 30.4 Å². The van der Waals surface area contributed by atoms with Gasteiger partial charge in [-0.2, -0.15) is 26.3 Å². The Hall–Kier alpha value is -2.14. The van der Waals surface area contributed by atoms with E-state index in [2.05, 4.69) is 5.32 Å². The maximum Gasteiger partial charge on any atom is 0.416 e. The summed E-state index contributed by atoms with van der Waals surface area (Å²) in [5.41, 5.74) is -2.96. The highest BCUT2D eigenvalue weighted by Crippen LogP contribution is 2.37. The van der Waals surface area contributed by atoms with Crippen LogP contribution in [0.5, 0.6) is 0 Å². The summed E-state index contributed by atoms with van der Waals surface area (Å²) in [4.78, 5) is 0. The smallest absolute Gasteiger partial charge is 0.316 e. The van der Waals surface area contributed by atoms with Crippen molar-refractivity contribution in [3.8, 4) is 0 Å². The van der Waals surface area contributed by atoms with Gasteiger partial charge < -0.3 is 5.32 Å². The van der Waals surface area contributed by atoms with Crippen LogP contribution in [0.2, 0.25) is 0 Å². The molecular formula is C21H20F7NO2S. The van der Waals surface area contributed by atoms with E-state index in [1.54, 1.807) is 12.1 Å². The number of sulfone groups is 1. The lowest BCUT2D eigenvalue weighted by atomic mass is 9.82. The van der Waals surface area contributed by atoms with Crippen LogP contribution < -0.4 is 5.32 Å². The summed E-state index contributed by atoms with van der Waals surface area (Å²) < 4.78 is 117. The SMILES string of the molecule is O=S(=O)(Cc1cc(C(F)(F)F)cc(C(F)(F)F)c1)CC1CNCC[C@H]1c1ccc(F)cc1. The quantitative estimate of drug-likeness (QED) is 0.597. The van der Waals surface area contributed by atoms with E-state index in [1.807, 2.05) is 0 Å². The normalized spacial score (nSPS) is 20.3. The Bertz CT molecular complexity index is 1020. The number of hydrogen-bond donors (Lipinski definition) is 1. The van der Waals surface area contributed by atoms with E-state index in [4.69, 9.17) is 0 Å². The van der Waals surface area contributed by atoms with Crippen LogP contribution >= 0.6 is 0 Å². The van der Waals surface area contributed by atoms with Gasteiger partial charge >= 0.3 is 12.4 Å². The van der Waals surface area contributed by atoms with Crippen LogP contribution in [-0.4, -0.2) is 27.3 Å². The Balaban J connectivity index is 1.86. The highest BCUT2D eigenvalue weighted by Gasteiger charge is 2.37. The zero-order chi connectivity index (χ0) is 23.7. The maximum atomic E-state index is 13.2. The molecule has 1 N–H and O–H groups in total. The monoisotopic (exact) mass is 483 g/mol. The number of halogens is 7. The number of hydrogen-bond acceptors (Lipinski definition) is 3. The van der Waals surface area contributed by atoms with E-state index < -0.39 is 62.1 Å². The van der Waals surface area contributed by atoms with Gasteiger partial charge in [0.15, 0.2) is 9.84 Å². The molecule has 0 saturated carbocycles. The molecule has 3 nitrogen and oxygen atoms in total. The molecule has 2 atom stereocenters. The number of nitrogens with one attached hydrogen (secondary N) is 1. The fourth-order valence-electron chi connectivity index (χ4n) is 3.99. The van der Waals surface area contributed by atoms with Gasteiger partial charge in [0.25, 0.3) is 0 Å². The minimum absolute atomic E-state index is 0.0360. The molecule has 32 heavy (non-hydrogen) atoms. The van der Waals surface area contributed by atoms with Crippen LogP contribution in [0.15, 0.2) is 42.5 Å². The fraction of sp³-hybridized carbons (Fsp3) is 0.429. The fourth-order valence-corrected chi connectivity index (χ4v) is 5.78. The topological polar surface area (TPSA) is 46.2 Å². The van der Waals surface area contributed by atoms with Gasteiger partial charge in [-0.05, 0) is 72.8 Å². The van der Waals surface area contributed by atoms with Gasteiger partial charge in [-0.1, -0.05) is 12.1 Å². The molecular weight excluding hydrogens is 463 g/mol. The van der Waals surface area contributed by atoms with Crippen molar-refractivity contribution in [2.75, 3.05) is 18.8 Å². The first-order chi connectivity index (χ1) is 14.7. The Kier molecular flexibility index (Phi) is 6.90. The average Bonchev–Trinajstić information content (AvgIpc) is 2.67. The van der Waals surface area contributed by atoms with Gasteiger partial charge in [0, 0.05) is 0 Å². The van der Waals surface area contributed by atoms with E-state index in [1.165, 1.54) is 12.1 Å². The van der Waals surface area contributed by atoms with Crippen molar-refractivity contribution >= 4 is 9.84 Å². The van der Waals surface area contributed by atoms with Crippen LogP contribution in [0.25, 0.3) is 0 Å². The Labute approximate surface area is 180 Å². The van der Waals surface area contributed by atoms with E-state index in [0.29, 0.717) is 31.6 Å². The van der Waals surface area contributed by atoms with Crippen molar-refractivity contribution in [1.29, 1.82) is 0 Å². The molecule has 176 valence electrons. The number of benzene rings is 2. The minimum Gasteiger partial charge on any atom is -0.316 e. The average molecular weight is 483 g/mol. The summed E-state index contributed by atoms with van der Waals surface area (Å²) in [5.74, 6) is -2.53. The van der Waals surface area contributed by atoms with Crippen molar-refractivity contribution in [3.05, 3.63) is 70.5 Å². The van der Waals surface area contributed by atoms with Crippen molar-refractivity contribution in [1.82, 2.24) is 5.32 Å². The third-order valence-electron chi connectivity index (χ3n) is 5.41. The lowest BCUT2D eigenvalue weighted by Crippen LogP contribution is -2.39. The predicted octanol–water partition coefficient (Wildman–Crippen LogP) is 5.17. The largest absolute Gasteiger partial charge is 0.416 e. The van der Waals surface area contributed by atoms with Gasteiger partial charge in [0.1, 0.15) is 5.82 Å². The third kappa shape index (κ3) is 6.22. The van der Waals surface area contributed by atoms with E-state index in [-0.39, 0.29) is 12.0 Å². The standard InChI is InChI=1S/C21H20F7NO2S/c22-18-3-1-14(2-4-18)19-5-6-29-10-15(19)12-32(30,31)11-13-7-16(20(23,24)25)9-17(8-13)21(26,27)28/h1-4,7-9,15,19,29H,5-6,10-12H2/t15?,19-/m0/s1. The predicted molar refractivity (Wildman–Crippen MR) is 104 cm³/mol. The molecule has 1 aliphatic rings. The molecule has 0 spiro atoms. The van der Waals surface area contributed by atoms with Crippen molar-refractivity contribution in [3.63, 3.8) is 0 Å². The second kappa shape index (κ2) is 9.01. The van der Waals surface area contributed by atoms with Crippen LogP contribution in [0.1, 0.15) is 34.6 Å². The maximum absolute atomic E-state index is 13.2. The van der Waals surface area contributed by atoms with E-state index in [0.717, 1.165) is 5.56 Å². The minimum atomic E-state index is -5.05. The van der Waals surface area contributed by atoms with Crippen LogP contribution in [0, 0.1) is 11.7 Å². The number of piperidine rings is 1. The Morgan fingerprint density at radius 3 is 2.00 bits per heavy atom. The number of rotatable bonds is 5. The second-order valence-electron chi connectivity index (χ2n) is 7.88. The third-order valence-corrected chi connectivity index (χ3v) is 7.12. The molecule has 3 rings (SSSR count). The van der Waals surface area contributed by atoms with Crippen LogP contribution in [-0.2, 0) is 27.9 Å². The molecule has 2 aromatic carbocycles. The van der Waals surface area contributed by atoms with Crippen molar-refractivity contribution < 1.29 is 39.2 Å². The molecule has 0 amide bonds. The summed E-state index contributed by atoms with van der Waals surface area (Å²) in [6.07, 6.45) is -9.55. The first-order valence-electron chi connectivity index (χ1n) is 9.69. The second-order valence-corrected chi connectivity index (χ2v) is 9.99. The molecule has 1 unspecified atom stereocenters. The lowest BCUT2D eigenvalue weighted by molar-refractivity contribution is -0.143. The van der Waals surface area contributed by atoms with Gasteiger partial charge in [-0.15, -0.1) is 0 Å². The highest BCUT2D eigenvalue weighted by atomic mass is 32.2. The van der Waals surface area contributed by atoms with Gasteiger partial charge in [-0.25, -0.2) is 12.8 Å². The zero-order valence-electron chi connectivity index (χ0n) is 16.6. The van der Waals surface area contributed by atoms with E-state index in [9.17, 15) is 39.2 Å². The van der Waals surface area contributed by atoms with Crippen molar-refractivity contribution in [2.24, 2.45) is 5.92 Å². The lowest BCUT2D eigenvalue weighted by Gasteiger charge is -2.32. The molecule has 0 bridgehead atoms. The molecule has 0 radical (unpaired) electrons. The first kappa shape index (κ1) is 24.5. The van der Waals surface area contributed by atoms with Crippen LogP contribution in [0.3, 0.4) is 0 Å². The van der Waals surface area contributed by atoms with Crippen LogP contribution in [0.4, 0.5) is 30.7 Å². The summed E-state index contributed by atoms with van der Waals surface area (Å²) in [6, 6.07) is 6.44. The molecule has 1 aliphatic heterocycles. The molecule has 11 heteroatoms. The molecule has 1 saturated heterocycles. The zero-order valence-corrected chi connectivity index (χ0v) is 17.4. The van der Waals surface area contributed by atoms with Gasteiger partial charge in [0.05, 0.1) is 22.6 Å². The molecule has 1 heterocycles.